The Morgan fingerprint density at radius 3 is 2.70 bits per heavy atom. The molecule has 1 aromatic rings. The summed E-state index contributed by atoms with van der Waals surface area (Å²) < 4.78 is 5.38. The number of nitrogens with zero attached hydrogens (tertiary/aromatic N) is 4. The first-order valence-electron chi connectivity index (χ1n) is 12.6. The third-order valence-electron chi connectivity index (χ3n) is 7.05. The first kappa shape index (κ1) is 26.4. The average molecular weight is 511 g/mol. The van der Waals surface area contributed by atoms with Gasteiger partial charge >= 0.3 is 6.09 Å². The molecule has 198 valence electrons. The van der Waals surface area contributed by atoms with Crippen LogP contribution < -0.4 is 11.1 Å². The van der Waals surface area contributed by atoms with Crippen molar-refractivity contribution in [3.05, 3.63) is 35.4 Å². The molecule has 0 aliphatic carbocycles. The predicted molar refractivity (Wildman–Crippen MR) is 133 cm³/mol. The van der Waals surface area contributed by atoms with Crippen molar-refractivity contribution in [1.29, 1.82) is 5.26 Å². The van der Waals surface area contributed by atoms with Crippen molar-refractivity contribution < 1.29 is 23.9 Å². The molecular weight excluding hydrogens is 476 g/mol. The zero-order chi connectivity index (χ0) is 26.9. The van der Waals surface area contributed by atoms with Crippen molar-refractivity contribution >= 4 is 23.8 Å². The number of nitrogens with two attached hydrogens (primary N) is 1. The molecule has 2 bridgehead atoms. The van der Waals surface area contributed by atoms with Gasteiger partial charge in [0.25, 0.3) is 0 Å². The maximum Gasteiger partial charge on any atom is 0.408 e. The Labute approximate surface area is 216 Å². The molecule has 3 saturated heterocycles. The molecule has 1 aromatic carbocycles. The van der Waals surface area contributed by atoms with Gasteiger partial charge in [0.15, 0.2) is 0 Å². The normalized spacial score (nSPS) is 24.2. The van der Waals surface area contributed by atoms with Crippen LogP contribution in [0.2, 0.25) is 0 Å². The van der Waals surface area contributed by atoms with E-state index < -0.39 is 35.7 Å². The summed E-state index contributed by atoms with van der Waals surface area (Å²) >= 11 is 0. The molecule has 0 unspecified atom stereocenters. The molecule has 0 radical (unpaired) electrons. The largest absolute Gasteiger partial charge is 0.444 e. The van der Waals surface area contributed by atoms with Gasteiger partial charge in [-0.1, -0.05) is 12.1 Å². The fourth-order valence-corrected chi connectivity index (χ4v) is 5.40. The molecule has 3 aliphatic rings. The van der Waals surface area contributed by atoms with Gasteiger partial charge in [0.1, 0.15) is 17.7 Å². The van der Waals surface area contributed by atoms with Crippen molar-refractivity contribution in [2.45, 2.75) is 76.3 Å². The zero-order valence-corrected chi connectivity index (χ0v) is 21.5. The molecule has 3 N–H and O–H groups in total. The van der Waals surface area contributed by atoms with Crippen LogP contribution in [0.4, 0.5) is 4.79 Å². The number of carbonyl (C=O) groups is 4. The minimum Gasteiger partial charge on any atom is -0.444 e. The van der Waals surface area contributed by atoms with Crippen molar-refractivity contribution in [1.82, 2.24) is 20.0 Å². The zero-order valence-electron chi connectivity index (χ0n) is 21.5. The Balaban J connectivity index is 1.45. The summed E-state index contributed by atoms with van der Waals surface area (Å²) in [7, 11) is 0. The first-order valence-corrected chi connectivity index (χ1v) is 12.6. The SMILES string of the molecule is CC(C)(C)OC(=O)N[C@@H](CN1C[C@H]2C[C@@H]1C(=O)N2Cc1cccc(C(N)=O)c1)C(=O)N1CCC[C@H]1C#N. The minimum atomic E-state index is -0.948. The van der Waals surface area contributed by atoms with Crippen molar-refractivity contribution in [2.24, 2.45) is 5.73 Å². The van der Waals surface area contributed by atoms with Gasteiger partial charge in [-0.2, -0.15) is 5.26 Å². The molecule has 4 amide bonds. The van der Waals surface area contributed by atoms with Crippen LogP contribution in [0, 0.1) is 11.3 Å². The van der Waals surface area contributed by atoms with Gasteiger partial charge in [0.05, 0.1) is 12.1 Å². The van der Waals surface area contributed by atoms with Gasteiger partial charge in [-0.25, -0.2) is 4.79 Å². The summed E-state index contributed by atoms with van der Waals surface area (Å²) in [4.78, 5) is 56.0. The molecule has 3 aliphatic heterocycles. The molecule has 4 atom stereocenters. The van der Waals surface area contributed by atoms with Gasteiger partial charge in [-0.05, 0) is 57.7 Å². The number of primary amides is 1. The monoisotopic (exact) mass is 510 g/mol. The Kier molecular flexibility index (Phi) is 7.41. The highest BCUT2D eigenvalue weighted by Crippen LogP contribution is 2.33. The van der Waals surface area contributed by atoms with Crippen LogP contribution in [0.15, 0.2) is 24.3 Å². The fourth-order valence-electron chi connectivity index (χ4n) is 5.40. The second-order valence-electron chi connectivity index (χ2n) is 10.9. The molecule has 0 saturated carbocycles. The number of likely N-dealkylation sites (tertiary alicyclic amines) is 3. The molecule has 0 spiro atoms. The lowest BCUT2D eigenvalue weighted by Crippen LogP contribution is -2.58. The smallest absolute Gasteiger partial charge is 0.408 e. The standard InChI is InChI=1S/C26H34N6O5/c1-26(2,3)37-25(36)29-20(23(34)31-9-5-8-18(31)12-27)15-30-14-19-11-21(30)24(35)32(19)13-16-6-4-7-17(10-16)22(28)33/h4,6-7,10,18-21H,5,8-9,11,13-15H2,1-3H3,(H2,28,33)(H,29,36)/t18-,19+,20-,21+/m0/s1. The number of ether oxygens (including phenoxy) is 1. The highest BCUT2D eigenvalue weighted by Gasteiger charge is 2.50. The average Bonchev–Trinajstić information content (AvgIpc) is 3.53. The third kappa shape index (κ3) is 5.85. The first-order chi connectivity index (χ1) is 17.5. The van der Waals surface area contributed by atoms with E-state index in [4.69, 9.17) is 10.5 Å². The number of nitriles is 1. The Bertz CT molecular complexity index is 1130. The number of amides is 4. The number of nitrogens with one attached hydrogen (secondary N) is 1. The number of benzene rings is 1. The summed E-state index contributed by atoms with van der Waals surface area (Å²) in [5.74, 6) is -0.919. The van der Waals surface area contributed by atoms with Crippen LogP contribution >= 0.6 is 0 Å². The number of piperazine rings is 1. The number of hydrogen-bond donors (Lipinski definition) is 2. The van der Waals surface area contributed by atoms with E-state index in [-0.39, 0.29) is 24.4 Å². The molecule has 0 aromatic heterocycles. The van der Waals surface area contributed by atoms with Gasteiger partial charge in [0, 0.05) is 37.8 Å². The maximum atomic E-state index is 13.4. The number of hydrogen-bond acceptors (Lipinski definition) is 7. The summed E-state index contributed by atoms with van der Waals surface area (Å²) in [6.07, 6.45) is 1.22. The molecule has 4 rings (SSSR count). The molecule has 3 heterocycles. The lowest BCUT2D eigenvalue weighted by molar-refractivity contribution is -0.140. The summed E-state index contributed by atoms with van der Waals surface area (Å²) in [6, 6.07) is 7.15. The Morgan fingerprint density at radius 1 is 1.30 bits per heavy atom. The van der Waals surface area contributed by atoms with Gasteiger partial charge in [-0.3, -0.25) is 19.3 Å². The second-order valence-corrected chi connectivity index (χ2v) is 10.9. The summed E-state index contributed by atoms with van der Waals surface area (Å²) in [5.41, 5.74) is 5.86. The van der Waals surface area contributed by atoms with E-state index in [9.17, 15) is 24.4 Å². The lowest BCUT2D eigenvalue weighted by Gasteiger charge is -2.36. The highest BCUT2D eigenvalue weighted by molar-refractivity contribution is 5.93. The van der Waals surface area contributed by atoms with Crippen LogP contribution in [0.1, 0.15) is 56.0 Å². The van der Waals surface area contributed by atoms with Crippen LogP contribution in [0.5, 0.6) is 0 Å². The molecule has 37 heavy (non-hydrogen) atoms. The highest BCUT2D eigenvalue weighted by atomic mass is 16.6. The van der Waals surface area contributed by atoms with Gasteiger partial charge in [0.2, 0.25) is 17.7 Å². The van der Waals surface area contributed by atoms with E-state index in [1.807, 2.05) is 11.0 Å². The van der Waals surface area contributed by atoms with E-state index in [0.717, 1.165) is 12.0 Å². The minimum absolute atomic E-state index is 0.0503. The van der Waals surface area contributed by atoms with Crippen LogP contribution in [0.25, 0.3) is 0 Å². The number of carbonyl (C=O) groups excluding carboxylic acids is 4. The topological polar surface area (TPSA) is 149 Å². The van der Waals surface area contributed by atoms with Crippen LogP contribution in [-0.2, 0) is 20.9 Å². The number of alkyl carbamates (subject to hydrolysis) is 1. The van der Waals surface area contributed by atoms with Gasteiger partial charge in [-0.15, -0.1) is 0 Å². The summed E-state index contributed by atoms with van der Waals surface area (Å²) in [6.45, 7) is 6.72. The molecule has 3 fully saturated rings. The second kappa shape index (κ2) is 10.4. The number of rotatable bonds is 7. The third-order valence-corrected chi connectivity index (χ3v) is 7.05. The fraction of sp³-hybridized carbons (Fsp3) is 0.577. The maximum absolute atomic E-state index is 13.4. The molecular formula is C26H34N6O5. The van der Waals surface area contributed by atoms with E-state index in [1.54, 1.807) is 43.9 Å². The van der Waals surface area contributed by atoms with Crippen molar-refractivity contribution in [3.63, 3.8) is 0 Å². The van der Waals surface area contributed by atoms with Gasteiger partial charge < -0.3 is 25.6 Å². The molecule has 11 nitrogen and oxygen atoms in total. The Morgan fingerprint density at radius 2 is 2.05 bits per heavy atom. The predicted octanol–water partition coefficient (Wildman–Crippen LogP) is 0.978. The van der Waals surface area contributed by atoms with E-state index in [1.165, 1.54) is 4.90 Å². The quantitative estimate of drug-likeness (QED) is 0.555. The number of fused-ring (bicyclic) bond motifs is 2. The summed E-state index contributed by atoms with van der Waals surface area (Å²) in [5, 5.41) is 12.2. The van der Waals surface area contributed by atoms with Crippen LogP contribution in [-0.4, -0.2) is 87.9 Å². The van der Waals surface area contributed by atoms with E-state index in [0.29, 0.717) is 38.0 Å². The lowest BCUT2D eigenvalue weighted by atomic mass is 10.1. The van der Waals surface area contributed by atoms with Crippen LogP contribution in [0.3, 0.4) is 0 Å². The van der Waals surface area contributed by atoms with E-state index in [2.05, 4.69) is 11.4 Å². The molecule has 11 heteroatoms. The van der Waals surface area contributed by atoms with E-state index >= 15 is 0 Å². The van der Waals surface area contributed by atoms with Crippen molar-refractivity contribution in [2.75, 3.05) is 19.6 Å². The Hall–Kier alpha value is -3.65. The van der Waals surface area contributed by atoms with Crippen molar-refractivity contribution in [3.8, 4) is 6.07 Å².